The minimum absolute atomic E-state index is 0.0209. The molecule has 0 aliphatic carbocycles. The summed E-state index contributed by atoms with van der Waals surface area (Å²) in [4.78, 5) is 12.0. The molecule has 1 fully saturated rings. The minimum Gasteiger partial charge on any atom is -0.497 e. The van der Waals surface area contributed by atoms with Crippen molar-refractivity contribution in [2.75, 3.05) is 30.4 Å². The summed E-state index contributed by atoms with van der Waals surface area (Å²) in [6.45, 7) is 8.16. The van der Waals surface area contributed by atoms with Crippen molar-refractivity contribution in [2.45, 2.75) is 51.6 Å². The summed E-state index contributed by atoms with van der Waals surface area (Å²) in [5, 5.41) is 8.12. The Balaban J connectivity index is 1.71. The zero-order chi connectivity index (χ0) is 21.3. The van der Waals surface area contributed by atoms with Gasteiger partial charge < -0.3 is 20.7 Å². The maximum Gasteiger partial charge on any atom is 0.230 e. The van der Waals surface area contributed by atoms with E-state index in [1.54, 1.807) is 7.11 Å². The van der Waals surface area contributed by atoms with Crippen LogP contribution >= 0.6 is 0 Å². The Morgan fingerprint density at radius 1 is 1.17 bits per heavy atom. The van der Waals surface area contributed by atoms with Gasteiger partial charge in [-0.25, -0.2) is 0 Å². The van der Waals surface area contributed by atoms with E-state index in [0.29, 0.717) is 11.9 Å². The van der Waals surface area contributed by atoms with Gasteiger partial charge in [0.25, 0.3) is 0 Å². The van der Waals surface area contributed by atoms with E-state index < -0.39 is 0 Å². The van der Waals surface area contributed by atoms with Gasteiger partial charge in [0.15, 0.2) is 5.65 Å². The highest BCUT2D eigenvalue weighted by atomic mass is 16.5. The van der Waals surface area contributed by atoms with Crippen molar-refractivity contribution in [2.24, 2.45) is 5.73 Å². The Labute approximate surface area is 177 Å². The van der Waals surface area contributed by atoms with Crippen molar-refractivity contribution < 1.29 is 4.74 Å². The smallest absolute Gasteiger partial charge is 0.230 e. The Bertz CT molecular complexity index is 1010. The fourth-order valence-corrected chi connectivity index (χ4v) is 3.81. The molecule has 8 nitrogen and oxygen atoms in total. The molecule has 1 saturated heterocycles. The molecule has 1 atom stereocenters. The molecule has 1 unspecified atom stereocenters. The average molecular weight is 410 g/mol. The van der Waals surface area contributed by atoms with Gasteiger partial charge in [0, 0.05) is 24.7 Å². The molecule has 4 rings (SSSR count). The van der Waals surface area contributed by atoms with Crippen LogP contribution in [-0.4, -0.2) is 45.8 Å². The van der Waals surface area contributed by atoms with Gasteiger partial charge in [0.1, 0.15) is 5.75 Å². The maximum absolute atomic E-state index is 6.09. The van der Waals surface area contributed by atoms with Gasteiger partial charge in [-0.05, 0) is 43.4 Å². The number of methoxy groups -OCH3 is 1. The fraction of sp³-hybridized carbons (Fsp3) is 0.500. The first-order valence-corrected chi connectivity index (χ1v) is 10.6. The first-order chi connectivity index (χ1) is 14.5. The third-order valence-corrected chi connectivity index (χ3v) is 5.77. The van der Waals surface area contributed by atoms with Crippen LogP contribution in [0.25, 0.3) is 5.65 Å². The molecular weight excluding hydrogens is 378 g/mol. The van der Waals surface area contributed by atoms with Crippen LogP contribution in [0.5, 0.6) is 5.75 Å². The van der Waals surface area contributed by atoms with Crippen molar-refractivity contribution in [3.8, 4) is 5.75 Å². The van der Waals surface area contributed by atoms with E-state index in [-0.39, 0.29) is 12.1 Å². The quantitative estimate of drug-likeness (QED) is 0.645. The van der Waals surface area contributed by atoms with Gasteiger partial charge in [-0.1, -0.05) is 26.0 Å². The van der Waals surface area contributed by atoms with Gasteiger partial charge in [-0.2, -0.15) is 19.6 Å². The number of benzene rings is 1. The van der Waals surface area contributed by atoms with Crippen LogP contribution in [0.1, 0.15) is 56.7 Å². The van der Waals surface area contributed by atoms with Crippen LogP contribution in [0.4, 0.5) is 11.9 Å². The van der Waals surface area contributed by atoms with Crippen LogP contribution in [-0.2, 0) is 0 Å². The van der Waals surface area contributed by atoms with Crippen LogP contribution in [0.3, 0.4) is 0 Å². The third kappa shape index (κ3) is 4.05. The molecule has 0 amide bonds. The molecular formula is C22H31N7O. The molecule has 1 aromatic carbocycles. The van der Waals surface area contributed by atoms with Crippen molar-refractivity contribution in [1.82, 2.24) is 19.6 Å². The van der Waals surface area contributed by atoms with Crippen molar-refractivity contribution >= 4 is 17.5 Å². The van der Waals surface area contributed by atoms with Crippen molar-refractivity contribution in [3.05, 3.63) is 41.6 Å². The fourth-order valence-electron chi connectivity index (χ4n) is 3.81. The van der Waals surface area contributed by atoms with E-state index >= 15 is 0 Å². The Kier molecular flexibility index (Phi) is 5.76. The number of hydrogen-bond acceptors (Lipinski definition) is 7. The summed E-state index contributed by atoms with van der Waals surface area (Å²) in [5.41, 5.74) is 9.17. The molecule has 1 aliphatic rings. The Hall–Kier alpha value is -2.87. The normalized spacial score (nSPS) is 16.3. The zero-order valence-electron chi connectivity index (χ0n) is 18.2. The van der Waals surface area contributed by atoms with E-state index in [4.69, 9.17) is 20.4 Å². The van der Waals surface area contributed by atoms with E-state index in [1.165, 1.54) is 0 Å². The predicted molar refractivity (Wildman–Crippen MR) is 119 cm³/mol. The van der Waals surface area contributed by atoms with Crippen LogP contribution in [0.15, 0.2) is 30.5 Å². The minimum atomic E-state index is 0.0209. The number of nitrogens with two attached hydrogens (primary N) is 1. The standard InChI is InChI=1S/C22H31N7O/c1-14(2)19-13-24-29-20(19)26-21(28-10-8-17(23)9-11-28)27-22(29)25-15(3)16-6-5-7-18(12-16)30-4/h5-7,12-15,17H,8-11,23H2,1-4H3,(H,25,26,27). The number of nitrogens with one attached hydrogen (secondary N) is 1. The lowest BCUT2D eigenvalue weighted by Crippen LogP contribution is -2.40. The molecule has 0 bridgehead atoms. The lowest BCUT2D eigenvalue weighted by molar-refractivity contribution is 0.414. The van der Waals surface area contributed by atoms with E-state index in [0.717, 1.165) is 54.4 Å². The van der Waals surface area contributed by atoms with Gasteiger partial charge in [-0.3, -0.25) is 0 Å². The van der Waals surface area contributed by atoms with E-state index in [9.17, 15) is 0 Å². The molecule has 0 spiro atoms. The first-order valence-electron chi connectivity index (χ1n) is 10.6. The zero-order valence-corrected chi connectivity index (χ0v) is 18.2. The number of rotatable bonds is 6. The lowest BCUT2D eigenvalue weighted by atomic mass is 10.1. The second kappa shape index (κ2) is 8.47. The molecule has 3 aromatic rings. The second-order valence-electron chi connectivity index (χ2n) is 8.30. The Morgan fingerprint density at radius 2 is 1.93 bits per heavy atom. The molecule has 1 aliphatic heterocycles. The van der Waals surface area contributed by atoms with Gasteiger partial charge in [0.05, 0.1) is 19.3 Å². The average Bonchev–Trinajstić information content (AvgIpc) is 3.19. The SMILES string of the molecule is COc1cccc(C(C)Nc2nc(N3CCC(N)CC3)nc3c(C(C)C)cnn23)c1. The molecule has 30 heavy (non-hydrogen) atoms. The molecule has 3 heterocycles. The molecule has 2 aromatic heterocycles. The van der Waals surface area contributed by atoms with E-state index in [1.807, 2.05) is 28.9 Å². The lowest BCUT2D eigenvalue weighted by Gasteiger charge is -2.30. The summed E-state index contributed by atoms with van der Waals surface area (Å²) >= 11 is 0. The molecule has 8 heteroatoms. The molecule has 3 N–H and O–H groups in total. The highest BCUT2D eigenvalue weighted by molar-refractivity contribution is 5.56. The predicted octanol–water partition coefficient (Wildman–Crippen LogP) is 3.36. The summed E-state index contributed by atoms with van der Waals surface area (Å²) in [6.07, 6.45) is 3.80. The van der Waals surface area contributed by atoms with Crippen LogP contribution in [0, 0.1) is 0 Å². The monoisotopic (exact) mass is 409 g/mol. The largest absolute Gasteiger partial charge is 0.497 e. The van der Waals surface area contributed by atoms with Gasteiger partial charge in [0.2, 0.25) is 11.9 Å². The summed E-state index contributed by atoms with van der Waals surface area (Å²) < 4.78 is 7.19. The number of hydrogen-bond donors (Lipinski definition) is 2. The number of piperidine rings is 1. The summed E-state index contributed by atoms with van der Waals surface area (Å²) in [7, 11) is 1.68. The highest BCUT2D eigenvalue weighted by Gasteiger charge is 2.22. The second-order valence-corrected chi connectivity index (χ2v) is 8.30. The first kappa shape index (κ1) is 20.4. The van der Waals surface area contributed by atoms with E-state index in [2.05, 4.69) is 42.2 Å². The highest BCUT2D eigenvalue weighted by Crippen LogP contribution is 2.27. The van der Waals surface area contributed by atoms with Crippen molar-refractivity contribution in [3.63, 3.8) is 0 Å². The molecule has 160 valence electrons. The number of ether oxygens (including phenoxy) is 1. The van der Waals surface area contributed by atoms with Crippen molar-refractivity contribution in [1.29, 1.82) is 0 Å². The number of aromatic nitrogens is 4. The third-order valence-electron chi connectivity index (χ3n) is 5.77. The topological polar surface area (TPSA) is 93.6 Å². The number of fused-ring (bicyclic) bond motifs is 1. The van der Waals surface area contributed by atoms with Gasteiger partial charge >= 0.3 is 0 Å². The summed E-state index contributed by atoms with van der Waals surface area (Å²) in [6, 6.07) is 8.33. The maximum atomic E-state index is 6.09. The Morgan fingerprint density at radius 3 is 2.63 bits per heavy atom. The summed E-state index contributed by atoms with van der Waals surface area (Å²) in [5.74, 6) is 2.58. The number of nitrogens with zero attached hydrogens (tertiary/aromatic N) is 5. The van der Waals surface area contributed by atoms with Crippen LogP contribution < -0.4 is 20.7 Å². The van der Waals surface area contributed by atoms with Crippen LogP contribution in [0.2, 0.25) is 0 Å². The number of anilines is 2. The van der Waals surface area contributed by atoms with Gasteiger partial charge in [-0.15, -0.1) is 0 Å². The molecule has 0 radical (unpaired) electrons. The molecule has 0 saturated carbocycles.